The molecule has 0 radical (unpaired) electrons. The van der Waals surface area contributed by atoms with Gasteiger partial charge in [0, 0.05) is 12.2 Å². The van der Waals surface area contributed by atoms with Crippen molar-refractivity contribution < 1.29 is 17.9 Å². The fourth-order valence-corrected chi connectivity index (χ4v) is 3.11. The van der Waals surface area contributed by atoms with E-state index in [0.717, 1.165) is 23.4 Å². The van der Waals surface area contributed by atoms with Crippen molar-refractivity contribution in [2.75, 3.05) is 5.32 Å². The Labute approximate surface area is 175 Å². The molecule has 0 heterocycles. The van der Waals surface area contributed by atoms with Gasteiger partial charge < -0.3 is 10.1 Å². The second-order valence-electron chi connectivity index (χ2n) is 8.37. The van der Waals surface area contributed by atoms with E-state index in [1.54, 1.807) is 12.1 Å². The molecule has 3 rings (SSSR count). The number of ether oxygens (including phenoxy) is 1. The van der Waals surface area contributed by atoms with Crippen LogP contribution in [0.1, 0.15) is 43.0 Å². The van der Waals surface area contributed by atoms with Crippen LogP contribution in [0.5, 0.6) is 5.75 Å². The van der Waals surface area contributed by atoms with Gasteiger partial charge in [0.1, 0.15) is 5.75 Å². The number of hydrogen-bond donors (Lipinski definition) is 1. The second-order valence-corrected chi connectivity index (χ2v) is 8.37. The van der Waals surface area contributed by atoms with Crippen LogP contribution in [-0.2, 0) is 18.4 Å². The first-order valence-corrected chi connectivity index (χ1v) is 9.85. The van der Waals surface area contributed by atoms with Gasteiger partial charge >= 0.3 is 6.36 Å². The first-order chi connectivity index (χ1) is 14.1. The highest BCUT2D eigenvalue weighted by atomic mass is 19.4. The van der Waals surface area contributed by atoms with Crippen molar-refractivity contribution in [2.24, 2.45) is 0 Å². The molecule has 3 aromatic rings. The molecule has 30 heavy (non-hydrogen) atoms. The monoisotopic (exact) mass is 413 g/mol. The fraction of sp³-hybridized carbons (Fsp3) is 0.280. The normalized spacial score (nSPS) is 11.9. The Hall–Kier alpha value is -2.95. The summed E-state index contributed by atoms with van der Waals surface area (Å²) in [5.41, 5.74) is 5.70. The summed E-state index contributed by atoms with van der Waals surface area (Å²) < 4.78 is 40.6. The molecule has 0 aromatic heterocycles. The van der Waals surface area contributed by atoms with E-state index in [0.29, 0.717) is 6.42 Å². The lowest BCUT2D eigenvalue weighted by atomic mass is 9.87. The summed E-state index contributed by atoms with van der Waals surface area (Å²) in [5, 5.41) is 3.42. The minimum absolute atomic E-state index is 0.146. The van der Waals surface area contributed by atoms with Crippen molar-refractivity contribution in [2.45, 2.75) is 45.5 Å². The number of rotatable bonds is 6. The number of hydrogen-bond acceptors (Lipinski definition) is 2. The molecule has 0 aliphatic carbocycles. The first kappa shape index (κ1) is 21.8. The topological polar surface area (TPSA) is 21.3 Å². The summed E-state index contributed by atoms with van der Waals surface area (Å²) >= 11 is 0. The van der Waals surface area contributed by atoms with Gasteiger partial charge in [0.15, 0.2) is 0 Å². The Morgan fingerprint density at radius 3 is 1.70 bits per heavy atom. The van der Waals surface area contributed by atoms with E-state index in [9.17, 15) is 13.2 Å². The number of alkyl halides is 3. The zero-order valence-corrected chi connectivity index (χ0v) is 17.4. The van der Waals surface area contributed by atoms with Gasteiger partial charge in [-0.15, -0.1) is 13.2 Å². The molecule has 0 saturated carbocycles. The maximum atomic E-state index is 12.2. The van der Waals surface area contributed by atoms with Crippen LogP contribution in [-0.4, -0.2) is 6.36 Å². The molecule has 0 saturated heterocycles. The van der Waals surface area contributed by atoms with Gasteiger partial charge in [0.05, 0.1) is 0 Å². The molecule has 0 bridgehead atoms. The second kappa shape index (κ2) is 8.82. The minimum atomic E-state index is -4.67. The Balaban J connectivity index is 1.53. The lowest BCUT2D eigenvalue weighted by molar-refractivity contribution is -0.274. The highest BCUT2D eigenvalue weighted by Gasteiger charge is 2.30. The Morgan fingerprint density at radius 2 is 1.20 bits per heavy atom. The molecule has 0 atom stereocenters. The molecule has 158 valence electrons. The molecule has 0 unspecified atom stereocenters. The summed E-state index contributed by atoms with van der Waals surface area (Å²) in [7, 11) is 0. The lowest BCUT2D eigenvalue weighted by Crippen LogP contribution is -2.17. The molecule has 0 aliphatic rings. The molecule has 3 aromatic carbocycles. The predicted molar refractivity (Wildman–Crippen MR) is 115 cm³/mol. The molecule has 0 aliphatic heterocycles. The number of anilines is 1. The SMILES string of the molecule is CC(C)(C)c1ccc(CNc2ccc(Cc3ccc(OC(F)(F)F)cc3)cc2)cc1. The van der Waals surface area contributed by atoms with Crippen molar-refractivity contribution in [3.63, 3.8) is 0 Å². The fourth-order valence-electron chi connectivity index (χ4n) is 3.11. The average Bonchev–Trinajstić information content (AvgIpc) is 2.67. The molecule has 2 nitrogen and oxygen atoms in total. The van der Waals surface area contributed by atoms with Crippen LogP contribution in [0.2, 0.25) is 0 Å². The quantitative estimate of drug-likeness (QED) is 0.466. The van der Waals surface area contributed by atoms with E-state index < -0.39 is 6.36 Å². The summed E-state index contributed by atoms with van der Waals surface area (Å²) in [5.74, 6) is -0.207. The largest absolute Gasteiger partial charge is 0.573 e. The van der Waals surface area contributed by atoms with Crippen LogP contribution >= 0.6 is 0 Å². The Kier molecular flexibility index (Phi) is 6.40. The van der Waals surface area contributed by atoms with E-state index >= 15 is 0 Å². The summed E-state index contributed by atoms with van der Waals surface area (Å²) in [6.45, 7) is 7.34. The Morgan fingerprint density at radius 1 is 0.700 bits per heavy atom. The minimum Gasteiger partial charge on any atom is -0.406 e. The van der Waals surface area contributed by atoms with Crippen molar-refractivity contribution in [1.29, 1.82) is 0 Å². The highest BCUT2D eigenvalue weighted by Crippen LogP contribution is 2.24. The van der Waals surface area contributed by atoms with E-state index in [1.165, 1.54) is 23.3 Å². The summed E-state index contributed by atoms with van der Waals surface area (Å²) in [4.78, 5) is 0. The van der Waals surface area contributed by atoms with Gasteiger partial charge in [0.25, 0.3) is 0 Å². The standard InChI is InChI=1S/C25H26F3NO/c1-24(2,3)21-10-4-20(5-11-21)17-29-22-12-6-18(7-13-22)16-19-8-14-23(15-9-19)30-25(26,27)28/h4-15,29H,16-17H2,1-3H3. The van der Waals surface area contributed by atoms with E-state index in [1.807, 2.05) is 24.3 Å². The van der Waals surface area contributed by atoms with Crippen LogP contribution in [0.25, 0.3) is 0 Å². The third kappa shape index (κ3) is 6.55. The maximum Gasteiger partial charge on any atom is 0.573 e. The van der Waals surface area contributed by atoms with Gasteiger partial charge in [-0.2, -0.15) is 0 Å². The first-order valence-electron chi connectivity index (χ1n) is 9.85. The molecular formula is C25H26F3NO. The Bertz CT molecular complexity index is 938. The van der Waals surface area contributed by atoms with Crippen LogP contribution in [0.15, 0.2) is 72.8 Å². The van der Waals surface area contributed by atoms with E-state index in [4.69, 9.17) is 0 Å². The average molecular weight is 413 g/mol. The summed E-state index contributed by atoms with van der Waals surface area (Å²) in [6, 6.07) is 22.7. The highest BCUT2D eigenvalue weighted by molar-refractivity contribution is 5.46. The van der Waals surface area contributed by atoms with Crippen molar-refractivity contribution >= 4 is 5.69 Å². The zero-order chi connectivity index (χ0) is 21.8. The third-order valence-electron chi connectivity index (χ3n) is 4.84. The molecule has 0 amide bonds. The van der Waals surface area contributed by atoms with Gasteiger partial charge in [-0.25, -0.2) is 0 Å². The number of halogens is 3. The maximum absolute atomic E-state index is 12.2. The van der Waals surface area contributed by atoms with Crippen LogP contribution in [0, 0.1) is 0 Å². The van der Waals surface area contributed by atoms with Crippen molar-refractivity contribution in [3.05, 3.63) is 95.1 Å². The lowest BCUT2D eigenvalue weighted by Gasteiger charge is -2.19. The van der Waals surface area contributed by atoms with E-state index in [-0.39, 0.29) is 11.2 Å². The van der Waals surface area contributed by atoms with Crippen molar-refractivity contribution in [3.8, 4) is 5.75 Å². The van der Waals surface area contributed by atoms with Crippen molar-refractivity contribution in [1.82, 2.24) is 0 Å². The molecular weight excluding hydrogens is 387 g/mol. The molecule has 0 fully saturated rings. The van der Waals surface area contributed by atoms with Crippen LogP contribution < -0.4 is 10.1 Å². The zero-order valence-electron chi connectivity index (χ0n) is 17.4. The predicted octanol–water partition coefficient (Wildman–Crippen LogP) is 7.09. The van der Waals surface area contributed by atoms with Gasteiger partial charge in [-0.1, -0.05) is 69.3 Å². The molecule has 1 N–H and O–H groups in total. The van der Waals surface area contributed by atoms with Gasteiger partial charge in [0.2, 0.25) is 0 Å². The number of benzene rings is 3. The molecule has 0 spiro atoms. The van der Waals surface area contributed by atoms with Crippen LogP contribution in [0.4, 0.5) is 18.9 Å². The van der Waals surface area contributed by atoms with Gasteiger partial charge in [-0.05, 0) is 58.4 Å². The van der Waals surface area contributed by atoms with Crippen LogP contribution in [0.3, 0.4) is 0 Å². The summed E-state index contributed by atoms with van der Waals surface area (Å²) in [6.07, 6.45) is -4.03. The number of nitrogens with one attached hydrogen (secondary N) is 1. The van der Waals surface area contributed by atoms with E-state index in [2.05, 4.69) is 55.1 Å². The molecule has 5 heteroatoms. The third-order valence-corrected chi connectivity index (χ3v) is 4.84. The van der Waals surface area contributed by atoms with Gasteiger partial charge in [-0.3, -0.25) is 0 Å². The smallest absolute Gasteiger partial charge is 0.406 e.